The molecule has 1 aliphatic rings. The molecular weight excluding hydrogens is 487 g/mol. The quantitative estimate of drug-likeness (QED) is 0.380. The topological polar surface area (TPSA) is 85.8 Å². The molecule has 0 aromatic heterocycles. The van der Waals surface area contributed by atoms with Gasteiger partial charge in [-0.25, -0.2) is 16.3 Å². The summed E-state index contributed by atoms with van der Waals surface area (Å²) in [5.74, 6) is -0.234. The third kappa shape index (κ3) is 4.44. The Hall–Kier alpha value is -1.45. The van der Waals surface area contributed by atoms with Gasteiger partial charge in [0.25, 0.3) is 5.91 Å². The number of carbonyl (C=O) groups excluding carboxylic acids is 1. The number of carbonyl (C=O) groups is 1. The second kappa shape index (κ2) is 8.49. The van der Waals surface area contributed by atoms with E-state index in [2.05, 4.69) is 53.2 Å². The van der Waals surface area contributed by atoms with E-state index in [0.717, 1.165) is 10.0 Å². The van der Waals surface area contributed by atoms with E-state index in [1.165, 1.54) is 6.21 Å². The largest absolute Gasteiger partial charge is 0.506 e. The smallest absolute Gasteiger partial charge is 0.258 e. The Labute approximate surface area is 172 Å². The molecule has 0 aliphatic carbocycles. The Morgan fingerprint density at radius 2 is 2.08 bits per heavy atom. The van der Waals surface area contributed by atoms with Crippen LogP contribution < -0.4 is 16.3 Å². The highest BCUT2D eigenvalue weighted by Gasteiger charge is 2.30. The minimum absolute atomic E-state index is 0.0469. The van der Waals surface area contributed by atoms with Gasteiger partial charge in [0.15, 0.2) is 0 Å². The van der Waals surface area contributed by atoms with Crippen LogP contribution in [0.2, 0.25) is 5.02 Å². The highest BCUT2D eigenvalue weighted by molar-refractivity contribution is 9.11. The van der Waals surface area contributed by atoms with Crippen LogP contribution in [0.15, 0.2) is 50.4 Å². The fraction of sp³-hybridized carbons (Fsp3) is 0.176. The van der Waals surface area contributed by atoms with Crippen molar-refractivity contribution < 1.29 is 9.90 Å². The zero-order valence-corrected chi connectivity index (χ0v) is 17.3. The molecule has 1 saturated heterocycles. The molecule has 2 aromatic rings. The number of hydrazone groups is 1. The maximum atomic E-state index is 12.3. The summed E-state index contributed by atoms with van der Waals surface area (Å²) in [6, 6.07) is 10.4. The van der Waals surface area contributed by atoms with Crippen molar-refractivity contribution in [3.63, 3.8) is 0 Å². The van der Waals surface area contributed by atoms with Gasteiger partial charge in [-0.3, -0.25) is 4.79 Å². The van der Waals surface area contributed by atoms with Gasteiger partial charge >= 0.3 is 0 Å². The summed E-state index contributed by atoms with van der Waals surface area (Å²) >= 11 is 12.8. The van der Waals surface area contributed by atoms with Gasteiger partial charge in [0.2, 0.25) is 0 Å². The highest BCUT2D eigenvalue weighted by Crippen LogP contribution is 2.31. The lowest BCUT2D eigenvalue weighted by Gasteiger charge is -2.11. The molecule has 0 radical (unpaired) electrons. The molecule has 6 nitrogen and oxygen atoms in total. The van der Waals surface area contributed by atoms with Crippen molar-refractivity contribution in [3.8, 4) is 5.75 Å². The summed E-state index contributed by atoms with van der Waals surface area (Å²) in [5, 5.41) is 14.6. The van der Waals surface area contributed by atoms with E-state index in [0.29, 0.717) is 21.5 Å². The van der Waals surface area contributed by atoms with Gasteiger partial charge in [-0.2, -0.15) is 5.10 Å². The van der Waals surface area contributed by atoms with Gasteiger partial charge in [-0.05, 0) is 46.1 Å². The second-order valence-electron chi connectivity index (χ2n) is 5.71. The number of aromatic hydroxyl groups is 1. The van der Waals surface area contributed by atoms with Gasteiger partial charge < -0.3 is 5.11 Å². The fourth-order valence-electron chi connectivity index (χ4n) is 2.62. The van der Waals surface area contributed by atoms with Gasteiger partial charge in [0.05, 0.1) is 10.7 Å². The lowest BCUT2D eigenvalue weighted by Crippen LogP contribution is -2.41. The van der Waals surface area contributed by atoms with Crippen molar-refractivity contribution in [1.29, 1.82) is 0 Å². The van der Waals surface area contributed by atoms with Crippen LogP contribution in [0, 0.1) is 0 Å². The molecule has 1 aliphatic heterocycles. The third-order valence-corrected chi connectivity index (χ3v) is 5.34. The van der Waals surface area contributed by atoms with Crippen LogP contribution in [0.4, 0.5) is 0 Å². The normalized spacial score (nSPS) is 19.8. The number of phenols is 1. The fourth-order valence-corrected chi connectivity index (χ4v) is 4.14. The molecule has 3 rings (SSSR count). The summed E-state index contributed by atoms with van der Waals surface area (Å²) in [5.41, 5.74) is 9.91. The number of rotatable bonds is 4. The van der Waals surface area contributed by atoms with Crippen LogP contribution in [-0.2, 0) is 4.79 Å². The van der Waals surface area contributed by atoms with Crippen LogP contribution in [0.5, 0.6) is 5.75 Å². The molecule has 2 aromatic carbocycles. The maximum Gasteiger partial charge on any atom is 0.258 e. The van der Waals surface area contributed by atoms with Gasteiger partial charge in [-0.1, -0.05) is 45.7 Å². The molecule has 26 heavy (non-hydrogen) atoms. The zero-order chi connectivity index (χ0) is 18.7. The number of nitrogens with one attached hydrogen (secondary N) is 3. The predicted octanol–water partition coefficient (Wildman–Crippen LogP) is 3.63. The summed E-state index contributed by atoms with van der Waals surface area (Å²) in [4.78, 5) is 12.3. The van der Waals surface area contributed by atoms with Crippen LogP contribution in [0.3, 0.4) is 0 Å². The van der Waals surface area contributed by atoms with E-state index < -0.39 is 6.04 Å². The number of phenolic OH excluding ortho intramolecular Hbond substituents is 1. The average Bonchev–Trinajstić information content (AvgIpc) is 3.09. The number of halogens is 3. The van der Waals surface area contributed by atoms with Crippen LogP contribution in [-0.4, -0.2) is 23.3 Å². The summed E-state index contributed by atoms with van der Waals surface area (Å²) in [6.45, 7) is 0. The molecule has 9 heteroatoms. The Morgan fingerprint density at radius 1 is 1.31 bits per heavy atom. The molecule has 1 amide bonds. The number of nitrogens with zero attached hydrogens (tertiary/aromatic N) is 1. The number of benzene rings is 2. The molecule has 0 spiro atoms. The van der Waals surface area contributed by atoms with Crippen LogP contribution in [0.25, 0.3) is 0 Å². The van der Waals surface area contributed by atoms with E-state index in [1.54, 1.807) is 12.1 Å². The van der Waals surface area contributed by atoms with Crippen LogP contribution in [0.1, 0.15) is 23.6 Å². The zero-order valence-electron chi connectivity index (χ0n) is 13.3. The summed E-state index contributed by atoms with van der Waals surface area (Å²) < 4.78 is 1.31. The molecule has 1 fully saturated rings. The van der Waals surface area contributed by atoms with Crippen molar-refractivity contribution in [2.45, 2.75) is 18.5 Å². The van der Waals surface area contributed by atoms with E-state index in [4.69, 9.17) is 11.6 Å². The Morgan fingerprint density at radius 3 is 2.85 bits per heavy atom. The number of amides is 1. The van der Waals surface area contributed by atoms with E-state index in [1.807, 2.05) is 24.3 Å². The average molecular weight is 503 g/mol. The number of hydrogen-bond acceptors (Lipinski definition) is 5. The molecular formula is C17H15Br2ClN4O2. The second-order valence-corrected chi connectivity index (χ2v) is 7.89. The summed E-state index contributed by atoms with van der Waals surface area (Å²) in [6.07, 6.45) is 1.93. The first-order valence-electron chi connectivity index (χ1n) is 7.72. The molecule has 0 saturated carbocycles. The van der Waals surface area contributed by atoms with Crippen molar-refractivity contribution in [2.75, 3.05) is 0 Å². The van der Waals surface area contributed by atoms with E-state index in [-0.39, 0.29) is 17.7 Å². The molecule has 4 N–H and O–H groups in total. The standard InChI is InChI=1S/C17H15Br2ClN4O2/c18-10-5-9(16(25)12(19)6-10)8-21-24-17(26)15-7-14(22-23-15)11-3-1-2-4-13(11)20/h1-6,8,14-15,22-23,25H,7H2,(H,24,26)/b21-8+. The van der Waals surface area contributed by atoms with Gasteiger partial charge in [-0.15, -0.1) is 0 Å². The molecule has 2 atom stereocenters. The minimum Gasteiger partial charge on any atom is -0.506 e. The lowest BCUT2D eigenvalue weighted by atomic mass is 10.0. The first kappa shape index (κ1) is 19.3. The van der Waals surface area contributed by atoms with Gasteiger partial charge in [0.1, 0.15) is 11.8 Å². The molecule has 0 bridgehead atoms. The molecule has 1 heterocycles. The predicted molar refractivity (Wildman–Crippen MR) is 108 cm³/mol. The lowest BCUT2D eigenvalue weighted by molar-refractivity contribution is -0.122. The van der Waals surface area contributed by atoms with Crippen molar-refractivity contribution in [1.82, 2.24) is 16.3 Å². The van der Waals surface area contributed by atoms with E-state index in [9.17, 15) is 9.90 Å². The molecule has 136 valence electrons. The molecule has 2 unspecified atom stereocenters. The van der Waals surface area contributed by atoms with Crippen molar-refractivity contribution >= 4 is 55.6 Å². The number of hydrogen-bond donors (Lipinski definition) is 4. The summed E-state index contributed by atoms with van der Waals surface area (Å²) in [7, 11) is 0. The maximum absolute atomic E-state index is 12.3. The van der Waals surface area contributed by atoms with Gasteiger partial charge in [0, 0.05) is 21.1 Å². The first-order valence-corrected chi connectivity index (χ1v) is 9.68. The highest BCUT2D eigenvalue weighted by atomic mass is 79.9. The Bertz CT molecular complexity index is 863. The Balaban J connectivity index is 1.60. The third-order valence-electron chi connectivity index (χ3n) is 3.94. The minimum atomic E-state index is -0.448. The monoisotopic (exact) mass is 500 g/mol. The SMILES string of the molecule is O=C(N/N=C/c1cc(Br)cc(Br)c1O)C1CC(c2ccccc2Cl)NN1. The van der Waals surface area contributed by atoms with E-state index >= 15 is 0 Å². The van der Waals surface area contributed by atoms with Crippen molar-refractivity contribution in [2.24, 2.45) is 5.10 Å². The van der Waals surface area contributed by atoms with Crippen LogP contribution >= 0.6 is 43.5 Å². The van der Waals surface area contributed by atoms with Crippen molar-refractivity contribution in [3.05, 3.63) is 61.5 Å². The number of hydrazine groups is 1. The Kier molecular flexibility index (Phi) is 6.31. The first-order chi connectivity index (χ1) is 12.5.